The Kier molecular flexibility index (Phi) is 3.84. The van der Waals surface area contributed by atoms with Gasteiger partial charge in [-0.25, -0.2) is 8.42 Å². The van der Waals surface area contributed by atoms with Crippen molar-refractivity contribution in [3.8, 4) is 0 Å². The molecule has 1 aromatic heterocycles. The van der Waals surface area contributed by atoms with Gasteiger partial charge in [0.15, 0.2) is 11.0 Å². The van der Waals surface area contributed by atoms with Crippen LogP contribution in [0.1, 0.15) is 0 Å². The van der Waals surface area contributed by atoms with E-state index in [9.17, 15) is 8.42 Å². The summed E-state index contributed by atoms with van der Waals surface area (Å²) in [4.78, 5) is 0.127. The second-order valence-corrected chi connectivity index (χ2v) is 6.17. The highest BCUT2D eigenvalue weighted by molar-refractivity contribution is 9.10. The number of rotatable bonds is 3. The average Bonchev–Trinajstić information content (AvgIpc) is 2.32. The quantitative estimate of drug-likeness (QED) is 0.925. The van der Waals surface area contributed by atoms with Crippen LogP contribution >= 0.6 is 27.5 Å². The molecule has 0 spiro atoms. The lowest BCUT2D eigenvalue weighted by Crippen LogP contribution is -2.14. The molecule has 2 aromatic rings. The van der Waals surface area contributed by atoms with Crippen molar-refractivity contribution >= 4 is 43.4 Å². The molecule has 94 valence electrons. The van der Waals surface area contributed by atoms with Crippen LogP contribution in [0.5, 0.6) is 0 Å². The summed E-state index contributed by atoms with van der Waals surface area (Å²) in [7, 11) is -3.70. The minimum absolute atomic E-state index is 0.107. The van der Waals surface area contributed by atoms with Crippen molar-refractivity contribution in [3.63, 3.8) is 0 Å². The summed E-state index contributed by atoms with van der Waals surface area (Å²) in [6, 6.07) is 9.37. The molecule has 1 aromatic carbocycles. The third kappa shape index (κ3) is 2.98. The lowest BCUT2D eigenvalue weighted by molar-refractivity contribution is 0.600. The fourth-order valence-electron chi connectivity index (χ4n) is 1.23. The van der Waals surface area contributed by atoms with Gasteiger partial charge in [0.25, 0.3) is 10.0 Å². The molecule has 0 aliphatic heterocycles. The highest BCUT2D eigenvalue weighted by atomic mass is 79.9. The lowest BCUT2D eigenvalue weighted by atomic mass is 10.4. The third-order valence-corrected chi connectivity index (χ3v) is 4.57. The molecule has 0 saturated heterocycles. The molecule has 0 saturated carbocycles. The Bertz CT molecular complexity index is 661. The fourth-order valence-corrected chi connectivity index (χ4v) is 3.33. The van der Waals surface area contributed by atoms with Crippen molar-refractivity contribution in [3.05, 3.63) is 46.0 Å². The fraction of sp³-hybridized carbons (Fsp3) is 0. The van der Waals surface area contributed by atoms with E-state index in [0.717, 1.165) is 0 Å². The van der Waals surface area contributed by atoms with E-state index in [1.807, 2.05) is 0 Å². The van der Waals surface area contributed by atoms with Crippen molar-refractivity contribution in [2.75, 3.05) is 4.72 Å². The number of nitrogens with zero attached hydrogens (tertiary/aromatic N) is 2. The smallest absolute Gasteiger partial charge is 0.262 e. The molecule has 2 rings (SSSR count). The van der Waals surface area contributed by atoms with E-state index in [1.54, 1.807) is 18.2 Å². The van der Waals surface area contributed by atoms with Crippen LogP contribution in [0.4, 0.5) is 5.82 Å². The van der Waals surface area contributed by atoms with Crippen LogP contribution in [0.15, 0.2) is 45.8 Å². The normalized spacial score (nSPS) is 11.2. The van der Waals surface area contributed by atoms with E-state index in [0.29, 0.717) is 4.47 Å². The number of halogens is 2. The Morgan fingerprint density at radius 1 is 1.11 bits per heavy atom. The number of aromatic nitrogens is 2. The molecular weight excluding hydrogens is 342 g/mol. The zero-order valence-electron chi connectivity index (χ0n) is 8.84. The highest BCUT2D eigenvalue weighted by Crippen LogP contribution is 2.23. The number of benzene rings is 1. The third-order valence-electron chi connectivity index (χ3n) is 2.00. The van der Waals surface area contributed by atoms with Gasteiger partial charge in [-0.1, -0.05) is 23.7 Å². The van der Waals surface area contributed by atoms with Gasteiger partial charge in [-0.3, -0.25) is 4.72 Å². The van der Waals surface area contributed by atoms with Crippen LogP contribution in [0.2, 0.25) is 5.15 Å². The number of anilines is 1. The molecule has 0 unspecified atom stereocenters. The predicted molar refractivity (Wildman–Crippen MR) is 72.0 cm³/mol. The number of hydrogen-bond donors (Lipinski definition) is 1. The largest absolute Gasteiger partial charge is 0.264 e. The van der Waals surface area contributed by atoms with Crippen molar-refractivity contribution in [2.45, 2.75) is 4.90 Å². The first-order valence-electron chi connectivity index (χ1n) is 4.75. The topological polar surface area (TPSA) is 72.0 Å². The molecule has 0 amide bonds. The van der Waals surface area contributed by atoms with Crippen LogP contribution in [-0.4, -0.2) is 18.6 Å². The standard InChI is InChI=1S/C10H7BrClN3O2S/c11-7-3-1-2-4-8(7)18(16,17)15-10-6-5-9(12)13-14-10/h1-6H,(H,14,15). The van der Waals surface area contributed by atoms with Crippen molar-refractivity contribution in [1.29, 1.82) is 0 Å². The summed E-state index contributed by atoms with van der Waals surface area (Å²) in [5.41, 5.74) is 0. The predicted octanol–water partition coefficient (Wildman–Crippen LogP) is 2.69. The van der Waals surface area contributed by atoms with Crippen LogP contribution in [0, 0.1) is 0 Å². The number of sulfonamides is 1. The number of hydrogen-bond acceptors (Lipinski definition) is 4. The summed E-state index contributed by atoms with van der Waals surface area (Å²) in [5.74, 6) is 0.107. The molecule has 8 heteroatoms. The maximum Gasteiger partial charge on any atom is 0.264 e. The second-order valence-electron chi connectivity index (χ2n) is 3.28. The van der Waals surface area contributed by atoms with Crippen molar-refractivity contribution in [2.24, 2.45) is 0 Å². The second kappa shape index (κ2) is 5.21. The van der Waals surface area contributed by atoms with Gasteiger partial charge in [0.1, 0.15) is 4.90 Å². The summed E-state index contributed by atoms with van der Waals surface area (Å²) in [6.45, 7) is 0. The SMILES string of the molecule is O=S(=O)(Nc1ccc(Cl)nn1)c1ccccc1Br. The van der Waals surface area contributed by atoms with E-state index in [2.05, 4.69) is 30.8 Å². The number of nitrogens with one attached hydrogen (secondary N) is 1. The Morgan fingerprint density at radius 2 is 1.83 bits per heavy atom. The minimum atomic E-state index is -3.70. The highest BCUT2D eigenvalue weighted by Gasteiger charge is 2.17. The summed E-state index contributed by atoms with van der Waals surface area (Å²) in [5, 5.41) is 7.38. The lowest BCUT2D eigenvalue weighted by Gasteiger charge is -2.07. The zero-order chi connectivity index (χ0) is 13.2. The van der Waals surface area contributed by atoms with E-state index in [1.165, 1.54) is 18.2 Å². The van der Waals surface area contributed by atoms with Gasteiger partial charge in [0.2, 0.25) is 0 Å². The van der Waals surface area contributed by atoms with Gasteiger partial charge >= 0.3 is 0 Å². The molecule has 1 heterocycles. The zero-order valence-corrected chi connectivity index (χ0v) is 12.0. The van der Waals surface area contributed by atoms with Crippen LogP contribution in [0.25, 0.3) is 0 Å². The van der Waals surface area contributed by atoms with Crippen LogP contribution in [-0.2, 0) is 10.0 Å². The van der Waals surface area contributed by atoms with Crippen LogP contribution in [0.3, 0.4) is 0 Å². The molecule has 0 aliphatic rings. The van der Waals surface area contributed by atoms with Crippen LogP contribution < -0.4 is 4.72 Å². The molecule has 0 atom stereocenters. The Hall–Kier alpha value is -1.18. The van der Waals surface area contributed by atoms with Gasteiger partial charge in [0, 0.05) is 4.47 Å². The van der Waals surface area contributed by atoms with E-state index >= 15 is 0 Å². The summed E-state index contributed by atoms with van der Waals surface area (Å²) < 4.78 is 26.9. The molecule has 5 nitrogen and oxygen atoms in total. The van der Waals surface area contributed by atoms with Gasteiger partial charge in [-0.2, -0.15) is 0 Å². The average molecular weight is 349 g/mol. The molecule has 0 radical (unpaired) electrons. The van der Waals surface area contributed by atoms with E-state index in [-0.39, 0.29) is 15.9 Å². The first-order chi connectivity index (χ1) is 8.49. The Morgan fingerprint density at radius 3 is 2.44 bits per heavy atom. The molecule has 0 fully saturated rings. The summed E-state index contributed by atoms with van der Waals surface area (Å²) in [6.07, 6.45) is 0. The van der Waals surface area contributed by atoms with Crippen molar-refractivity contribution < 1.29 is 8.42 Å². The van der Waals surface area contributed by atoms with E-state index in [4.69, 9.17) is 11.6 Å². The van der Waals surface area contributed by atoms with E-state index < -0.39 is 10.0 Å². The monoisotopic (exact) mass is 347 g/mol. The molecule has 0 bridgehead atoms. The molecular formula is C10H7BrClN3O2S. The Labute approximate surface area is 117 Å². The molecule has 0 aliphatic carbocycles. The molecule has 18 heavy (non-hydrogen) atoms. The molecule has 1 N–H and O–H groups in total. The maximum atomic E-state index is 12.1. The minimum Gasteiger partial charge on any atom is -0.262 e. The van der Waals surface area contributed by atoms with Gasteiger partial charge in [-0.15, -0.1) is 10.2 Å². The van der Waals surface area contributed by atoms with Crippen molar-refractivity contribution in [1.82, 2.24) is 10.2 Å². The summed E-state index contributed by atoms with van der Waals surface area (Å²) >= 11 is 8.75. The maximum absolute atomic E-state index is 12.1. The van der Waals surface area contributed by atoms with Gasteiger partial charge in [-0.05, 0) is 40.2 Å². The van der Waals surface area contributed by atoms with Gasteiger partial charge < -0.3 is 0 Å². The first-order valence-corrected chi connectivity index (χ1v) is 7.41. The van der Waals surface area contributed by atoms with Gasteiger partial charge in [0.05, 0.1) is 0 Å². The first kappa shape index (κ1) is 13.3. The Balaban J connectivity index is 2.33.